The number of halogens is 1. The Kier molecular flexibility index (Phi) is 7.43. The summed E-state index contributed by atoms with van der Waals surface area (Å²) < 4.78 is 2.56. The molecule has 0 bridgehead atoms. The first-order valence-electron chi connectivity index (χ1n) is 10.5. The van der Waals surface area contributed by atoms with Crippen molar-refractivity contribution in [2.24, 2.45) is 0 Å². The van der Waals surface area contributed by atoms with Gasteiger partial charge in [-0.2, -0.15) is 0 Å². The number of amides is 1. The van der Waals surface area contributed by atoms with Crippen molar-refractivity contribution in [2.45, 2.75) is 52.0 Å². The molecule has 3 rings (SSSR count). The van der Waals surface area contributed by atoms with Gasteiger partial charge in [0.05, 0.1) is 22.6 Å². The number of carbonyl (C=O) groups excluding carboxylic acids is 1. The van der Waals surface area contributed by atoms with E-state index in [2.05, 4.69) is 22.9 Å². The molecule has 1 amide bonds. The minimum atomic E-state index is -0.343. The Bertz CT molecular complexity index is 1080. The van der Waals surface area contributed by atoms with Crippen molar-refractivity contribution in [3.8, 4) is 5.69 Å². The van der Waals surface area contributed by atoms with Crippen LogP contribution >= 0.6 is 15.9 Å². The summed E-state index contributed by atoms with van der Waals surface area (Å²) in [6.45, 7) is 4.08. The Balaban J connectivity index is 2.03. The van der Waals surface area contributed by atoms with Crippen LogP contribution in [0.4, 0.5) is 0 Å². The third-order valence-corrected chi connectivity index (χ3v) is 6.01. The molecule has 3 aromatic rings. The van der Waals surface area contributed by atoms with E-state index in [1.165, 1.54) is 0 Å². The molecular weight excluding hydrogens is 442 g/mol. The van der Waals surface area contributed by atoms with E-state index in [9.17, 15) is 9.59 Å². The predicted molar refractivity (Wildman–Crippen MR) is 125 cm³/mol. The summed E-state index contributed by atoms with van der Waals surface area (Å²) in [4.78, 5) is 32.7. The lowest BCUT2D eigenvalue weighted by atomic mass is 10.1. The number of hydrogen-bond acceptors (Lipinski definition) is 3. The number of unbranched alkanes of at least 4 members (excludes halogenated alkanes) is 3. The highest BCUT2D eigenvalue weighted by atomic mass is 79.9. The number of nitrogens with zero attached hydrogens (tertiary/aromatic N) is 3. The molecule has 0 radical (unpaired) electrons. The van der Waals surface area contributed by atoms with E-state index < -0.39 is 0 Å². The zero-order valence-corrected chi connectivity index (χ0v) is 19.4. The van der Waals surface area contributed by atoms with Crippen LogP contribution in [0, 0.1) is 0 Å². The van der Waals surface area contributed by atoms with E-state index in [-0.39, 0.29) is 17.5 Å². The van der Waals surface area contributed by atoms with Gasteiger partial charge in [0.2, 0.25) is 5.91 Å². The lowest BCUT2D eigenvalue weighted by Gasteiger charge is -2.27. The monoisotopic (exact) mass is 469 g/mol. The summed E-state index contributed by atoms with van der Waals surface area (Å²) in [5.74, 6) is 0.633. The Morgan fingerprint density at radius 3 is 2.50 bits per heavy atom. The van der Waals surface area contributed by atoms with Crippen LogP contribution < -0.4 is 5.56 Å². The van der Waals surface area contributed by atoms with Gasteiger partial charge in [-0.3, -0.25) is 14.2 Å². The minimum Gasteiger partial charge on any atom is -0.336 e. The summed E-state index contributed by atoms with van der Waals surface area (Å²) in [6.07, 6.45) is 4.73. The Hall–Kier alpha value is -2.47. The van der Waals surface area contributed by atoms with Crippen LogP contribution in [-0.4, -0.2) is 27.4 Å². The minimum absolute atomic E-state index is 0.0726. The van der Waals surface area contributed by atoms with Gasteiger partial charge in [0, 0.05) is 17.9 Å². The van der Waals surface area contributed by atoms with E-state index in [4.69, 9.17) is 4.98 Å². The van der Waals surface area contributed by atoms with Gasteiger partial charge in [0.15, 0.2) is 0 Å². The Morgan fingerprint density at radius 1 is 1.10 bits per heavy atom. The molecule has 158 valence electrons. The van der Waals surface area contributed by atoms with E-state index in [1.807, 2.05) is 49.4 Å². The van der Waals surface area contributed by atoms with E-state index in [1.54, 1.807) is 22.6 Å². The van der Waals surface area contributed by atoms with Crippen LogP contribution in [0.2, 0.25) is 0 Å². The van der Waals surface area contributed by atoms with Gasteiger partial charge < -0.3 is 4.90 Å². The lowest BCUT2D eigenvalue weighted by molar-refractivity contribution is -0.132. The van der Waals surface area contributed by atoms with Crippen molar-refractivity contribution in [3.63, 3.8) is 0 Å². The fourth-order valence-corrected chi connectivity index (χ4v) is 3.80. The lowest BCUT2D eigenvalue weighted by Crippen LogP contribution is -2.34. The molecule has 5 nitrogen and oxygen atoms in total. The molecule has 1 unspecified atom stereocenters. The Labute approximate surface area is 185 Å². The zero-order valence-electron chi connectivity index (χ0n) is 17.8. The number of carbonyl (C=O) groups is 1. The van der Waals surface area contributed by atoms with Gasteiger partial charge in [-0.05, 0) is 49.7 Å². The van der Waals surface area contributed by atoms with Gasteiger partial charge >= 0.3 is 0 Å². The van der Waals surface area contributed by atoms with Gasteiger partial charge in [0.1, 0.15) is 5.82 Å². The molecular formula is C24H28BrN3O2. The second-order valence-electron chi connectivity index (χ2n) is 7.60. The summed E-state index contributed by atoms with van der Waals surface area (Å²) >= 11 is 3.45. The second kappa shape index (κ2) is 10.0. The number of aromatic nitrogens is 2. The van der Waals surface area contributed by atoms with Crippen molar-refractivity contribution in [3.05, 3.63) is 69.2 Å². The number of benzene rings is 2. The summed E-state index contributed by atoms with van der Waals surface area (Å²) in [6, 6.07) is 14.5. The summed E-state index contributed by atoms with van der Waals surface area (Å²) in [5.41, 5.74) is 1.24. The summed E-state index contributed by atoms with van der Waals surface area (Å²) in [7, 11) is 1.79. The van der Waals surface area contributed by atoms with E-state index in [0.29, 0.717) is 23.1 Å². The highest BCUT2D eigenvalue weighted by Gasteiger charge is 2.23. The third-order valence-electron chi connectivity index (χ3n) is 5.48. The first-order valence-corrected chi connectivity index (χ1v) is 11.3. The highest BCUT2D eigenvalue weighted by Crippen LogP contribution is 2.23. The van der Waals surface area contributed by atoms with Crippen molar-refractivity contribution in [2.75, 3.05) is 7.05 Å². The summed E-state index contributed by atoms with van der Waals surface area (Å²) in [5, 5.41) is 0.560. The first kappa shape index (κ1) is 22.2. The fraction of sp³-hybridized carbons (Fsp3) is 0.375. The molecule has 0 N–H and O–H groups in total. The standard InChI is InChI=1S/C24H28BrN3O2/c1-4-5-6-7-12-22(29)27(3)17(2)23-26-21-11-9-8-10-20(21)24(30)28(23)19-15-13-18(25)14-16-19/h8-11,13-17H,4-7,12H2,1-3H3. The maximum absolute atomic E-state index is 13.4. The van der Waals surface area contributed by atoms with Crippen molar-refractivity contribution in [1.29, 1.82) is 0 Å². The molecule has 0 saturated carbocycles. The SMILES string of the molecule is CCCCCCC(=O)N(C)C(C)c1nc2ccccc2c(=O)n1-c1ccc(Br)cc1. The van der Waals surface area contributed by atoms with Gasteiger partial charge in [-0.25, -0.2) is 4.98 Å². The van der Waals surface area contributed by atoms with Crippen molar-refractivity contribution >= 4 is 32.7 Å². The van der Waals surface area contributed by atoms with E-state index >= 15 is 0 Å². The zero-order chi connectivity index (χ0) is 21.7. The molecule has 0 fully saturated rings. The van der Waals surface area contributed by atoms with Crippen LogP contribution in [0.3, 0.4) is 0 Å². The first-order chi connectivity index (χ1) is 14.4. The third kappa shape index (κ3) is 4.81. The normalized spacial score (nSPS) is 12.1. The van der Waals surface area contributed by atoms with E-state index in [0.717, 1.165) is 35.8 Å². The number of para-hydroxylation sites is 1. The quantitative estimate of drug-likeness (QED) is 0.401. The maximum Gasteiger partial charge on any atom is 0.266 e. The van der Waals surface area contributed by atoms with Gasteiger partial charge in [-0.1, -0.05) is 54.2 Å². The van der Waals surface area contributed by atoms with Crippen LogP contribution in [0.1, 0.15) is 57.8 Å². The number of fused-ring (bicyclic) bond motifs is 1. The van der Waals surface area contributed by atoms with Crippen LogP contribution in [0.25, 0.3) is 16.6 Å². The molecule has 1 atom stereocenters. The molecule has 0 aliphatic heterocycles. The molecule has 30 heavy (non-hydrogen) atoms. The van der Waals surface area contributed by atoms with Crippen LogP contribution in [0.15, 0.2) is 57.8 Å². The number of hydrogen-bond donors (Lipinski definition) is 0. The molecule has 1 heterocycles. The topological polar surface area (TPSA) is 55.2 Å². The number of rotatable bonds is 8. The predicted octanol–water partition coefficient (Wildman–Crippen LogP) is 5.64. The average molecular weight is 470 g/mol. The molecule has 0 aliphatic carbocycles. The molecule has 0 spiro atoms. The maximum atomic E-state index is 13.4. The molecule has 2 aromatic carbocycles. The average Bonchev–Trinajstić information content (AvgIpc) is 2.76. The van der Waals surface area contributed by atoms with Crippen molar-refractivity contribution in [1.82, 2.24) is 14.5 Å². The van der Waals surface area contributed by atoms with Gasteiger partial charge in [0.25, 0.3) is 5.56 Å². The van der Waals surface area contributed by atoms with Gasteiger partial charge in [-0.15, -0.1) is 0 Å². The molecule has 0 saturated heterocycles. The Morgan fingerprint density at radius 2 is 1.80 bits per heavy atom. The molecule has 1 aromatic heterocycles. The van der Waals surface area contributed by atoms with Crippen LogP contribution in [0.5, 0.6) is 0 Å². The van der Waals surface area contributed by atoms with Crippen LogP contribution in [-0.2, 0) is 4.79 Å². The molecule has 0 aliphatic rings. The molecule has 6 heteroatoms. The smallest absolute Gasteiger partial charge is 0.266 e. The van der Waals surface area contributed by atoms with Crippen molar-refractivity contribution < 1.29 is 4.79 Å². The largest absolute Gasteiger partial charge is 0.336 e. The second-order valence-corrected chi connectivity index (χ2v) is 8.51. The fourth-order valence-electron chi connectivity index (χ4n) is 3.54. The highest BCUT2D eigenvalue weighted by molar-refractivity contribution is 9.10.